The number of hydrogen-bond acceptors (Lipinski definition) is 18. The average molecular weight is 1390 g/mol. The van der Waals surface area contributed by atoms with Gasteiger partial charge in [-0.2, -0.15) is 0 Å². The molecule has 4 aromatic heterocycles. The fourth-order valence-corrected chi connectivity index (χ4v) is 9.71. The van der Waals surface area contributed by atoms with Crippen molar-refractivity contribution < 1.29 is 85.2 Å². The summed E-state index contributed by atoms with van der Waals surface area (Å²) in [6.07, 6.45) is -0.613. The van der Waals surface area contributed by atoms with E-state index in [4.69, 9.17) is 137 Å². The molecule has 21 nitrogen and oxygen atoms in total. The largest absolute Gasteiger partial charge is 0.497 e. The van der Waals surface area contributed by atoms with E-state index in [1.165, 1.54) is 26.2 Å². The molecule has 5 N–H and O–H groups in total. The molecule has 2 aliphatic heterocycles. The summed E-state index contributed by atoms with van der Waals surface area (Å²) in [6.45, 7) is 2.53. The van der Waals surface area contributed by atoms with Gasteiger partial charge in [0, 0.05) is 58.8 Å². The number of rotatable bonds is 14. The highest BCUT2D eigenvalue weighted by Gasteiger charge is 2.41. The Kier molecular flexibility index (Phi) is 26.1. The summed E-state index contributed by atoms with van der Waals surface area (Å²) >= 11 is 44.6. The summed E-state index contributed by atoms with van der Waals surface area (Å²) in [7, 11) is 9.35. The predicted octanol–water partition coefficient (Wildman–Crippen LogP) is 13.2. The highest BCUT2D eigenvalue weighted by molar-refractivity contribution is 6.37. The van der Waals surface area contributed by atoms with Crippen LogP contribution in [0, 0.1) is 23.3 Å². The lowest BCUT2D eigenvalue weighted by atomic mass is 10.1. The summed E-state index contributed by atoms with van der Waals surface area (Å²) < 4.78 is 89.7. The van der Waals surface area contributed by atoms with E-state index in [-0.39, 0.29) is 61.5 Å². The van der Waals surface area contributed by atoms with E-state index in [2.05, 4.69) is 29.7 Å². The molecule has 33 heteroatoms. The molecule has 0 radical (unpaired) electrons. The van der Waals surface area contributed by atoms with E-state index in [0.29, 0.717) is 35.1 Å². The van der Waals surface area contributed by atoms with Crippen LogP contribution < -0.4 is 34.2 Å². The SMILES string of the molecule is COc1ccc(CN)c(OC)c1.COc1ccc(CN2C(=O)c3c(Cl)nc(Cl)c(F)c3C2C)c(OC)c1.COc1ccc(CN=Cc2c(F)c(Cl)nc(Cl)c2C(=O)O)c(OC)c1.O=C(O)c1cc(F)c(Cl)nc1Cl.O=C1OC(O)c2c(F)c(Cl)nc(Cl)c21. The van der Waals surface area contributed by atoms with Crippen LogP contribution in [0.4, 0.5) is 17.6 Å². The molecule has 468 valence electrons. The molecule has 0 fully saturated rings. The van der Waals surface area contributed by atoms with Gasteiger partial charge in [-0.25, -0.2) is 51.9 Å². The van der Waals surface area contributed by atoms with Crippen LogP contribution in [0.5, 0.6) is 34.5 Å². The summed E-state index contributed by atoms with van der Waals surface area (Å²) in [6, 6.07) is 16.2. The van der Waals surface area contributed by atoms with Crippen molar-refractivity contribution in [2.24, 2.45) is 10.7 Å². The van der Waals surface area contributed by atoms with Gasteiger partial charge in [0.25, 0.3) is 5.91 Å². The van der Waals surface area contributed by atoms with Gasteiger partial charge in [-0.05, 0) is 43.3 Å². The second-order valence-corrected chi connectivity index (χ2v) is 20.0. The number of hydrogen-bond donors (Lipinski definition) is 4. The molecular formula is C55H45Cl8F4N7O14. The zero-order chi connectivity index (χ0) is 65.6. The van der Waals surface area contributed by atoms with Crippen molar-refractivity contribution in [1.82, 2.24) is 24.8 Å². The number of carbonyl (C=O) groups excluding carboxylic acids is 2. The number of aliphatic imine (C=N–C) groups is 1. The van der Waals surface area contributed by atoms with E-state index < -0.39 is 91.2 Å². The number of esters is 1. The minimum atomic E-state index is -1.67. The molecule has 9 rings (SSSR count). The van der Waals surface area contributed by atoms with Crippen molar-refractivity contribution in [2.75, 3.05) is 42.7 Å². The minimum absolute atomic E-state index is 0.0588. The van der Waals surface area contributed by atoms with Crippen molar-refractivity contribution in [3.8, 4) is 34.5 Å². The number of cyclic esters (lactones) is 1. The first-order valence-electron chi connectivity index (χ1n) is 24.3. The number of fused-ring (bicyclic) bond motifs is 2. The Morgan fingerprint density at radius 2 is 1.06 bits per heavy atom. The molecule has 0 spiro atoms. The standard InChI is InChI=1S/C17H15Cl2FN2O3.C16H13Cl2FN2O4.C9H13NO2.C7H2Cl2FNO3.C6H2Cl2FNO2/c1-8-12-13(15(18)21-16(19)14(12)20)17(23)22(8)7-9-4-5-10(24-2)6-11(9)25-3;1-24-9-4-3-8(11(5-9)25-2)6-20-7-10-12(16(22)23)14(17)21-15(18)13(10)19;1-11-8-4-3-7(6-10)9(5-8)12-2;8-4-2-1(3(10)5(9)11-4)6(12)14-7(2)13;7-4-2(6(11)12)1-3(9)5(8)10-4/h4-6,8H,7H2,1-3H3;3-5,7H,6H2,1-2H3,(H,22,23);3-5H,6,10H2,1-2H3;6,12H;1H,(H,11,12). The summed E-state index contributed by atoms with van der Waals surface area (Å²) in [4.78, 5) is 64.8. The van der Waals surface area contributed by atoms with Gasteiger partial charge in [0.1, 0.15) is 66.2 Å². The molecule has 1 amide bonds. The van der Waals surface area contributed by atoms with Gasteiger partial charge in [0.15, 0.2) is 43.9 Å². The quantitative estimate of drug-likeness (QED) is 0.0340. The molecule has 88 heavy (non-hydrogen) atoms. The van der Waals surface area contributed by atoms with Gasteiger partial charge in [-0.3, -0.25) is 9.79 Å². The molecule has 2 unspecified atom stereocenters. The summed E-state index contributed by atoms with van der Waals surface area (Å²) in [5, 5.41) is 23.9. The van der Waals surface area contributed by atoms with E-state index in [1.54, 1.807) is 64.7 Å². The molecule has 0 saturated carbocycles. The number of nitrogens with two attached hydrogens (primary N) is 1. The van der Waals surface area contributed by atoms with Crippen molar-refractivity contribution >= 4 is 123 Å². The molecule has 2 aliphatic rings. The zero-order valence-electron chi connectivity index (χ0n) is 46.3. The molecular weight excluding hydrogens is 1340 g/mol. The molecule has 2 atom stereocenters. The van der Waals surface area contributed by atoms with Crippen molar-refractivity contribution in [1.29, 1.82) is 0 Å². The van der Waals surface area contributed by atoms with Crippen LogP contribution in [0.1, 0.15) is 94.1 Å². The highest BCUT2D eigenvalue weighted by atomic mass is 35.5. The number of carboxylic acids is 2. The fourth-order valence-electron chi connectivity index (χ4n) is 7.82. The Morgan fingerprint density at radius 3 is 1.56 bits per heavy atom. The highest BCUT2D eigenvalue weighted by Crippen LogP contribution is 2.42. The maximum atomic E-state index is 14.4. The summed E-state index contributed by atoms with van der Waals surface area (Å²) in [5.74, 6) is -3.82. The van der Waals surface area contributed by atoms with Gasteiger partial charge in [0.2, 0.25) is 6.29 Å². The number of aromatic nitrogens is 4. The van der Waals surface area contributed by atoms with Crippen molar-refractivity contribution in [3.05, 3.63) is 181 Å². The van der Waals surface area contributed by atoms with Crippen LogP contribution in [0.3, 0.4) is 0 Å². The number of aliphatic hydroxyl groups is 1. The Balaban J connectivity index is 0.000000208. The van der Waals surface area contributed by atoms with Gasteiger partial charge >= 0.3 is 17.9 Å². The predicted molar refractivity (Wildman–Crippen MR) is 317 cm³/mol. The molecule has 0 aliphatic carbocycles. The summed E-state index contributed by atoms with van der Waals surface area (Å²) in [5.41, 5.74) is 6.27. The topological polar surface area (TPSA) is 287 Å². The molecule has 7 aromatic rings. The number of benzene rings is 3. The lowest BCUT2D eigenvalue weighted by Gasteiger charge is -2.23. The molecule has 0 saturated heterocycles. The second-order valence-electron chi connectivity index (χ2n) is 17.2. The number of aromatic carboxylic acids is 2. The fraction of sp³-hybridized carbons (Fsp3) is 0.218. The second kappa shape index (κ2) is 32.2. The van der Waals surface area contributed by atoms with E-state index >= 15 is 0 Å². The molecule has 3 aromatic carbocycles. The Morgan fingerprint density at radius 1 is 0.602 bits per heavy atom. The van der Waals surface area contributed by atoms with Crippen molar-refractivity contribution in [2.45, 2.75) is 38.9 Å². The van der Waals surface area contributed by atoms with Crippen LogP contribution in [0.2, 0.25) is 41.2 Å². The van der Waals surface area contributed by atoms with Crippen LogP contribution in [-0.4, -0.2) is 113 Å². The number of amides is 1. The number of ether oxygens (including phenoxy) is 7. The Hall–Kier alpha value is -7.43. The Labute approximate surface area is 537 Å². The average Bonchev–Trinajstić information content (AvgIpc) is 1.66. The third-order valence-electron chi connectivity index (χ3n) is 12.2. The lowest BCUT2D eigenvalue weighted by Crippen LogP contribution is -2.26. The van der Waals surface area contributed by atoms with Gasteiger partial charge in [0.05, 0.1) is 78.5 Å². The van der Waals surface area contributed by atoms with Gasteiger partial charge < -0.3 is 59.1 Å². The number of pyridine rings is 4. The first kappa shape index (κ1) is 71.3. The van der Waals surface area contributed by atoms with Gasteiger partial charge in [-0.1, -0.05) is 98.9 Å². The Bertz CT molecular complexity index is 3830. The number of aliphatic hydroxyl groups excluding tert-OH is 1. The van der Waals surface area contributed by atoms with E-state index in [1.807, 2.05) is 18.2 Å². The number of nitrogens with zero attached hydrogens (tertiary/aromatic N) is 6. The van der Waals surface area contributed by atoms with Crippen LogP contribution in [0.25, 0.3) is 0 Å². The molecule has 0 bridgehead atoms. The van der Waals surface area contributed by atoms with Crippen LogP contribution in [-0.2, 0) is 24.4 Å². The third-order valence-corrected chi connectivity index (χ3v) is 14.3. The normalized spacial score (nSPS) is 13.4. The van der Waals surface area contributed by atoms with E-state index in [9.17, 15) is 41.8 Å². The van der Waals surface area contributed by atoms with Crippen LogP contribution >= 0.6 is 92.8 Å². The first-order chi connectivity index (χ1) is 41.6. The van der Waals surface area contributed by atoms with Crippen LogP contribution in [0.15, 0.2) is 65.7 Å². The maximum absolute atomic E-state index is 14.4. The monoisotopic (exact) mass is 1380 g/mol. The zero-order valence-corrected chi connectivity index (χ0v) is 52.3. The molecule has 6 heterocycles. The minimum Gasteiger partial charge on any atom is -0.497 e. The smallest absolute Gasteiger partial charge is 0.344 e. The van der Waals surface area contributed by atoms with Crippen molar-refractivity contribution in [3.63, 3.8) is 0 Å². The third kappa shape index (κ3) is 16.8. The maximum Gasteiger partial charge on any atom is 0.344 e. The number of carbonyl (C=O) groups is 4. The number of methoxy groups -OCH3 is 6. The van der Waals surface area contributed by atoms with E-state index in [0.717, 1.165) is 34.9 Å². The number of carboxylic acid groups (broad SMARTS) is 2. The first-order valence-corrected chi connectivity index (χ1v) is 27.3. The van der Waals surface area contributed by atoms with Gasteiger partial charge in [-0.15, -0.1) is 0 Å². The number of halogens is 12. The lowest BCUT2D eigenvalue weighted by molar-refractivity contribution is -0.0562.